The summed E-state index contributed by atoms with van der Waals surface area (Å²) in [6, 6.07) is 136. The number of phenolic OH excluding ortho intramolecular Hbond substituents is 8. The van der Waals surface area contributed by atoms with Crippen molar-refractivity contribution in [3.63, 3.8) is 0 Å². The van der Waals surface area contributed by atoms with Gasteiger partial charge in [0.25, 0.3) is 0 Å². The van der Waals surface area contributed by atoms with Crippen LogP contribution in [0.5, 0.6) is 92.0 Å². The van der Waals surface area contributed by atoms with Crippen LogP contribution in [-0.4, -0.2) is 40.9 Å². The molecule has 0 heterocycles. The Labute approximate surface area is 675 Å². The maximum atomic E-state index is 10.3. The summed E-state index contributed by atoms with van der Waals surface area (Å²) in [4.78, 5) is 0. The molecule has 113 heavy (non-hydrogen) atoms. The zero-order valence-electron chi connectivity index (χ0n) is 61.3. The Balaban J connectivity index is 0.00000118. The van der Waals surface area contributed by atoms with Crippen LogP contribution < -0.4 is 40.9 Å². The SMILES string of the molecule is Oc1ccccc1.Oc1ccccc1.Oc1ccccc1.Oc1ccccc1.Oc1ccccc1.Oc1ccccc1.Oc1ccccc1.Oc1ccccc1.[O-]c1ccccc1.[O-]c1ccccc1.[O-]c1ccccc1.[O-]c1ccccc1.[O-]c1ccccc1.[O-]c1ccccc1.[O-]c1ccccc1.[O-]c1ccccc1.[Pt]. The fourth-order valence-corrected chi connectivity index (χ4v) is 6.79. The summed E-state index contributed by atoms with van der Waals surface area (Å²) < 4.78 is 0. The molecule has 0 saturated carbocycles. The molecule has 0 saturated heterocycles. The van der Waals surface area contributed by atoms with Crippen LogP contribution >= 0.6 is 0 Å². The van der Waals surface area contributed by atoms with E-state index in [2.05, 4.69) is 0 Å². The van der Waals surface area contributed by atoms with Crippen LogP contribution in [0.15, 0.2) is 485 Å². The first-order chi connectivity index (χ1) is 54.3. The molecule has 0 atom stereocenters. The van der Waals surface area contributed by atoms with Crippen molar-refractivity contribution in [2.45, 2.75) is 0 Å². The van der Waals surface area contributed by atoms with Gasteiger partial charge in [-0.3, -0.25) is 0 Å². The van der Waals surface area contributed by atoms with E-state index in [1.165, 1.54) is 97.1 Å². The summed E-state index contributed by atoms with van der Waals surface area (Å²) in [7, 11) is 0. The summed E-state index contributed by atoms with van der Waals surface area (Å²) in [5, 5.41) is 151. The van der Waals surface area contributed by atoms with Crippen LogP contribution in [0.4, 0.5) is 0 Å². The van der Waals surface area contributed by atoms with Crippen LogP contribution in [0.2, 0.25) is 0 Å². The van der Waals surface area contributed by atoms with Gasteiger partial charge in [-0.25, -0.2) is 0 Å². The number of hydrogen-bond donors (Lipinski definition) is 8. The average molecular weight is 1690 g/mol. The minimum Gasteiger partial charge on any atom is -0.872 e. The molecule has 0 aliphatic heterocycles. The van der Waals surface area contributed by atoms with E-state index < -0.39 is 0 Å². The quantitative estimate of drug-likeness (QED) is 0.0699. The number of hydrogen-bond acceptors (Lipinski definition) is 16. The Morgan fingerprint density at radius 2 is 0.150 bits per heavy atom. The normalized spacial score (nSPS) is 8.50. The van der Waals surface area contributed by atoms with E-state index >= 15 is 0 Å². The third-order valence-corrected chi connectivity index (χ3v) is 12.0. The number of phenols is 8. The summed E-state index contributed by atoms with van der Waals surface area (Å²) in [5.41, 5.74) is 0. The molecule has 0 aromatic heterocycles. The second-order valence-corrected chi connectivity index (χ2v) is 21.2. The molecule has 16 rings (SSSR count). The first kappa shape index (κ1) is 98.0. The zero-order valence-corrected chi connectivity index (χ0v) is 63.6. The Morgan fingerprint density at radius 1 is 0.0973 bits per heavy atom. The van der Waals surface area contributed by atoms with Crippen LogP contribution in [0.25, 0.3) is 0 Å². The second-order valence-electron chi connectivity index (χ2n) is 21.2. The van der Waals surface area contributed by atoms with Crippen LogP contribution in [0, 0.1) is 0 Å². The summed E-state index contributed by atoms with van der Waals surface area (Å²) in [6.07, 6.45) is 0. The van der Waals surface area contributed by atoms with Crippen molar-refractivity contribution in [1.82, 2.24) is 0 Å². The molecule has 0 spiro atoms. The minimum absolute atomic E-state index is 0. The van der Waals surface area contributed by atoms with Gasteiger partial charge in [-0.15, -0.1) is 46.0 Å². The van der Waals surface area contributed by atoms with Gasteiger partial charge in [0.2, 0.25) is 0 Å². The Bertz CT molecular complexity index is 3350. The predicted octanol–water partition coefficient (Wildman–Crippen LogP) is 17.2. The maximum Gasteiger partial charge on any atom is 0.115 e. The first-order valence-electron chi connectivity index (χ1n) is 34.0. The third-order valence-electron chi connectivity index (χ3n) is 12.0. The van der Waals surface area contributed by atoms with Crippen molar-refractivity contribution in [2.24, 2.45) is 0 Å². The zero-order chi connectivity index (χ0) is 81.8. The van der Waals surface area contributed by atoms with Crippen LogP contribution in [0.3, 0.4) is 0 Å². The Kier molecular flexibility index (Phi) is 60.7. The Morgan fingerprint density at radius 3 is 0.177 bits per heavy atom. The number of aromatic hydroxyl groups is 8. The van der Waals surface area contributed by atoms with Crippen LogP contribution in [-0.2, 0) is 21.1 Å². The topological polar surface area (TPSA) is 346 Å². The molecule has 0 aliphatic carbocycles. The van der Waals surface area contributed by atoms with Gasteiger partial charge in [0.1, 0.15) is 46.0 Å². The van der Waals surface area contributed by atoms with Crippen molar-refractivity contribution in [3.8, 4) is 92.0 Å². The molecule has 0 fully saturated rings. The van der Waals surface area contributed by atoms with Crippen LogP contribution in [0.1, 0.15) is 0 Å². The van der Waals surface area contributed by atoms with Gasteiger partial charge in [-0.2, -0.15) is 0 Å². The third kappa shape index (κ3) is 68.6. The second kappa shape index (κ2) is 70.0. The fraction of sp³-hybridized carbons (Fsp3) is 0. The largest absolute Gasteiger partial charge is 0.872 e. The van der Waals surface area contributed by atoms with Gasteiger partial charge in [0, 0.05) is 21.1 Å². The van der Waals surface area contributed by atoms with E-state index in [0.29, 0.717) is 46.0 Å². The van der Waals surface area contributed by atoms with Gasteiger partial charge in [0.05, 0.1) is 0 Å². The smallest absolute Gasteiger partial charge is 0.115 e. The predicted molar refractivity (Wildman–Crippen MR) is 432 cm³/mol. The van der Waals surface area contributed by atoms with E-state index in [-0.39, 0.29) is 67.1 Å². The maximum absolute atomic E-state index is 10.3. The van der Waals surface area contributed by atoms with E-state index in [1.807, 2.05) is 97.1 Å². The number of rotatable bonds is 0. The molecule has 0 radical (unpaired) electrons. The van der Waals surface area contributed by atoms with Gasteiger partial charge in [-0.05, 0) is 97.1 Å². The van der Waals surface area contributed by atoms with Gasteiger partial charge in [0.15, 0.2) is 0 Å². The monoisotopic (exact) mass is 1690 g/mol. The first-order valence-corrected chi connectivity index (χ1v) is 34.0. The summed E-state index contributed by atoms with van der Waals surface area (Å²) >= 11 is 0. The molecular weight excluding hydrogens is 1600 g/mol. The molecule has 16 aromatic carbocycles. The van der Waals surface area contributed by atoms with E-state index in [9.17, 15) is 40.9 Å². The minimum atomic E-state index is 0. The van der Waals surface area contributed by atoms with Crippen molar-refractivity contribution in [1.29, 1.82) is 0 Å². The standard InChI is InChI=1S/16C6H6O.Pt/c16*7-6-4-2-1-3-5-6;/h16*1-5,7H;/p-8. The van der Waals surface area contributed by atoms with Gasteiger partial charge < -0.3 is 81.7 Å². The Hall–Kier alpha value is -15.0. The van der Waals surface area contributed by atoms with Gasteiger partial charge >= 0.3 is 0 Å². The molecule has 16 aromatic rings. The van der Waals surface area contributed by atoms with Crippen molar-refractivity contribution < 1.29 is 103 Å². The molecule has 16 nitrogen and oxygen atoms in total. The van der Waals surface area contributed by atoms with E-state index in [0.717, 1.165) is 0 Å². The molecule has 0 aliphatic rings. The van der Waals surface area contributed by atoms with E-state index in [1.54, 1.807) is 291 Å². The average Bonchev–Trinajstić information content (AvgIpc) is 3.83. The van der Waals surface area contributed by atoms with Crippen molar-refractivity contribution in [2.75, 3.05) is 0 Å². The molecular formula is C96H88O16Pt-8. The number of benzene rings is 16. The fourth-order valence-electron chi connectivity index (χ4n) is 6.79. The van der Waals surface area contributed by atoms with Crippen molar-refractivity contribution in [3.05, 3.63) is 485 Å². The summed E-state index contributed by atoms with van der Waals surface area (Å²) in [6.45, 7) is 0. The number of para-hydroxylation sites is 16. The van der Waals surface area contributed by atoms with E-state index in [4.69, 9.17) is 40.9 Å². The molecule has 586 valence electrons. The summed E-state index contributed by atoms with van der Waals surface area (Å²) in [5.74, 6) is 3.15. The van der Waals surface area contributed by atoms with Gasteiger partial charge in [-0.1, -0.05) is 388 Å². The van der Waals surface area contributed by atoms with Crippen molar-refractivity contribution >= 4 is 0 Å². The molecule has 8 N–H and O–H groups in total. The molecule has 17 heteroatoms. The molecule has 0 amide bonds. The molecule has 0 unspecified atom stereocenters. The molecule has 0 bridgehead atoms.